The van der Waals surface area contributed by atoms with Gasteiger partial charge in [0, 0.05) is 12.6 Å². The second-order valence-corrected chi connectivity index (χ2v) is 5.21. The molecule has 0 aromatic carbocycles. The topological polar surface area (TPSA) is 72.6 Å². The summed E-state index contributed by atoms with van der Waals surface area (Å²) in [6, 6.07) is -0.174. The van der Waals surface area contributed by atoms with Crippen molar-refractivity contribution in [3.63, 3.8) is 0 Å². The van der Waals surface area contributed by atoms with Gasteiger partial charge in [-0.15, -0.1) is 0 Å². The molecule has 1 fully saturated rings. The lowest BCUT2D eigenvalue weighted by Crippen LogP contribution is -2.42. The van der Waals surface area contributed by atoms with Crippen molar-refractivity contribution < 1.29 is 14.3 Å². The van der Waals surface area contributed by atoms with Crippen LogP contribution in [0.2, 0.25) is 0 Å². The minimum absolute atomic E-state index is 0.174. The minimum Gasteiger partial charge on any atom is -0.444 e. The van der Waals surface area contributed by atoms with Gasteiger partial charge in [-0.25, -0.2) is 4.79 Å². The molecule has 0 bridgehead atoms. The van der Waals surface area contributed by atoms with Gasteiger partial charge >= 0.3 is 6.09 Å². The Kier molecular flexibility index (Phi) is 3.45. The first-order valence-electron chi connectivity index (χ1n) is 5.51. The number of nitrogens with zero attached hydrogens (tertiary/aromatic N) is 1. The van der Waals surface area contributed by atoms with Crippen LogP contribution in [-0.2, 0) is 9.53 Å². The maximum Gasteiger partial charge on any atom is 0.410 e. The highest BCUT2D eigenvalue weighted by molar-refractivity contribution is 5.79. The molecule has 2 N–H and O–H groups in total. The molecular weight excluding hydrogens is 208 g/mol. The van der Waals surface area contributed by atoms with Crippen molar-refractivity contribution in [1.29, 1.82) is 0 Å². The lowest BCUT2D eigenvalue weighted by molar-refractivity contribution is -0.122. The fraction of sp³-hybridized carbons (Fsp3) is 0.818. The number of likely N-dealkylation sites (tertiary alicyclic amines) is 1. The summed E-state index contributed by atoms with van der Waals surface area (Å²) in [7, 11) is 0. The Balaban J connectivity index is 2.63. The van der Waals surface area contributed by atoms with Gasteiger partial charge in [-0.1, -0.05) is 0 Å². The molecule has 5 nitrogen and oxygen atoms in total. The molecule has 1 saturated heterocycles. The first kappa shape index (κ1) is 12.8. The molecule has 0 aromatic heterocycles. The Bertz CT molecular complexity index is 296. The lowest BCUT2D eigenvalue weighted by Gasteiger charge is -2.27. The summed E-state index contributed by atoms with van der Waals surface area (Å²) in [5.74, 6) is -0.605. The molecule has 2 atom stereocenters. The van der Waals surface area contributed by atoms with Gasteiger partial charge in [-0.3, -0.25) is 4.79 Å². The summed E-state index contributed by atoms with van der Waals surface area (Å²) in [6.45, 7) is 7.81. The number of hydrogen-bond donors (Lipinski definition) is 1. The zero-order valence-electron chi connectivity index (χ0n) is 10.3. The van der Waals surface area contributed by atoms with E-state index in [9.17, 15) is 9.59 Å². The highest BCUT2D eigenvalue weighted by atomic mass is 16.6. The Hall–Kier alpha value is -1.26. The van der Waals surface area contributed by atoms with E-state index in [1.807, 2.05) is 27.7 Å². The molecule has 0 aromatic rings. The third-order valence-corrected chi connectivity index (χ3v) is 2.75. The fourth-order valence-electron chi connectivity index (χ4n) is 1.90. The molecule has 0 radical (unpaired) electrons. The van der Waals surface area contributed by atoms with E-state index in [0.29, 0.717) is 13.0 Å². The number of amides is 2. The van der Waals surface area contributed by atoms with Gasteiger partial charge in [-0.05, 0) is 34.1 Å². The van der Waals surface area contributed by atoms with Crippen molar-refractivity contribution in [2.45, 2.75) is 45.8 Å². The Morgan fingerprint density at radius 2 is 1.94 bits per heavy atom. The summed E-state index contributed by atoms with van der Waals surface area (Å²) in [5, 5.41) is 0. The monoisotopic (exact) mass is 228 g/mol. The van der Waals surface area contributed by atoms with Crippen LogP contribution in [0.1, 0.15) is 34.1 Å². The molecule has 2 unspecified atom stereocenters. The zero-order chi connectivity index (χ0) is 12.5. The van der Waals surface area contributed by atoms with Crippen LogP contribution in [-0.4, -0.2) is 35.1 Å². The van der Waals surface area contributed by atoms with Crippen molar-refractivity contribution in [2.24, 2.45) is 11.7 Å². The molecule has 0 spiro atoms. The van der Waals surface area contributed by atoms with Crippen LogP contribution in [0.4, 0.5) is 4.79 Å². The molecule has 1 rings (SSSR count). The van der Waals surface area contributed by atoms with Gasteiger partial charge in [0.15, 0.2) is 0 Å². The van der Waals surface area contributed by atoms with E-state index in [0.717, 1.165) is 0 Å². The van der Waals surface area contributed by atoms with Gasteiger partial charge < -0.3 is 15.4 Å². The quantitative estimate of drug-likeness (QED) is 0.730. The molecule has 92 valence electrons. The smallest absolute Gasteiger partial charge is 0.410 e. The van der Waals surface area contributed by atoms with Gasteiger partial charge in [-0.2, -0.15) is 0 Å². The number of nitrogens with two attached hydrogens (primary N) is 1. The van der Waals surface area contributed by atoms with Crippen LogP contribution < -0.4 is 5.73 Å². The van der Waals surface area contributed by atoms with E-state index in [2.05, 4.69) is 0 Å². The van der Waals surface area contributed by atoms with E-state index in [-0.39, 0.29) is 24.0 Å². The summed E-state index contributed by atoms with van der Waals surface area (Å²) >= 11 is 0. The van der Waals surface area contributed by atoms with Crippen LogP contribution in [0.3, 0.4) is 0 Å². The Labute approximate surface area is 95.9 Å². The third kappa shape index (κ3) is 2.87. The SMILES string of the molecule is CC1C(C(N)=O)CCN1C(=O)OC(C)(C)C. The second kappa shape index (κ2) is 4.31. The molecule has 2 amide bonds. The van der Waals surface area contributed by atoms with Crippen LogP contribution >= 0.6 is 0 Å². The van der Waals surface area contributed by atoms with E-state index < -0.39 is 5.60 Å². The first-order valence-corrected chi connectivity index (χ1v) is 5.51. The summed E-state index contributed by atoms with van der Waals surface area (Å²) < 4.78 is 5.25. The van der Waals surface area contributed by atoms with Crippen LogP contribution in [0.15, 0.2) is 0 Å². The van der Waals surface area contributed by atoms with E-state index in [1.54, 1.807) is 4.90 Å². The zero-order valence-corrected chi connectivity index (χ0v) is 10.3. The molecule has 0 saturated carbocycles. The standard InChI is InChI=1S/C11H20N2O3/c1-7-8(9(12)14)5-6-13(7)10(15)16-11(2,3)4/h7-8H,5-6H2,1-4H3,(H2,12,14). The summed E-state index contributed by atoms with van der Waals surface area (Å²) in [5.41, 5.74) is 4.75. The second-order valence-electron chi connectivity index (χ2n) is 5.21. The van der Waals surface area contributed by atoms with Crippen LogP contribution in [0, 0.1) is 5.92 Å². The van der Waals surface area contributed by atoms with Gasteiger partial charge in [0.1, 0.15) is 5.60 Å². The number of carbonyl (C=O) groups excluding carboxylic acids is 2. The van der Waals surface area contributed by atoms with Crippen molar-refractivity contribution in [3.05, 3.63) is 0 Å². The average molecular weight is 228 g/mol. The van der Waals surface area contributed by atoms with Crippen molar-refractivity contribution >= 4 is 12.0 Å². The number of rotatable bonds is 1. The van der Waals surface area contributed by atoms with E-state index in [4.69, 9.17) is 10.5 Å². The van der Waals surface area contributed by atoms with Gasteiger partial charge in [0.05, 0.1) is 5.92 Å². The van der Waals surface area contributed by atoms with Crippen LogP contribution in [0.25, 0.3) is 0 Å². The normalized spacial score (nSPS) is 25.6. The number of carbonyl (C=O) groups is 2. The molecule has 1 heterocycles. The third-order valence-electron chi connectivity index (χ3n) is 2.75. The van der Waals surface area contributed by atoms with E-state index in [1.165, 1.54) is 0 Å². The molecule has 1 aliphatic rings. The van der Waals surface area contributed by atoms with E-state index >= 15 is 0 Å². The lowest BCUT2D eigenvalue weighted by atomic mass is 10.0. The highest BCUT2D eigenvalue weighted by Gasteiger charge is 2.38. The summed E-state index contributed by atoms with van der Waals surface area (Å²) in [4.78, 5) is 24.5. The Morgan fingerprint density at radius 3 is 2.31 bits per heavy atom. The van der Waals surface area contributed by atoms with Gasteiger partial charge in [0.2, 0.25) is 5.91 Å². The maximum absolute atomic E-state index is 11.8. The number of hydrogen-bond acceptors (Lipinski definition) is 3. The molecular formula is C11H20N2O3. The molecule has 0 aliphatic carbocycles. The predicted molar refractivity (Wildman–Crippen MR) is 59.7 cm³/mol. The molecule has 5 heteroatoms. The maximum atomic E-state index is 11.8. The number of primary amides is 1. The fourth-order valence-corrected chi connectivity index (χ4v) is 1.90. The predicted octanol–water partition coefficient (Wildman–Crippen LogP) is 1.12. The minimum atomic E-state index is -0.512. The average Bonchev–Trinajstić information content (AvgIpc) is 2.43. The van der Waals surface area contributed by atoms with Crippen LogP contribution in [0.5, 0.6) is 0 Å². The van der Waals surface area contributed by atoms with Crippen molar-refractivity contribution in [3.8, 4) is 0 Å². The largest absolute Gasteiger partial charge is 0.444 e. The number of ether oxygens (including phenoxy) is 1. The highest BCUT2D eigenvalue weighted by Crippen LogP contribution is 2.25. The van der Waals surface area contributed by atoms with Crippen molar-refractivity contribution in [1.82, 2.24) is 4.90 Å². The van der Waals surface area contributed by atoms with Gasteiger partial charge in [0.25, 0.3) is 0 Å². The van der Waals surface area contributed by atoms with Crippen molar-refractivity contribution in [2.75, 3.05) is 6.54 Å². The molecule has 1 aliphatic heterocycles. The first-order chi connectivity index (χ1) is 7.22. The molecule has 16 heavy (non-hydrogen) atoms. The summed E-state index contributed by atoms with van der Waals surface area (Å²) in [6.07, 6.45) is 0.249. The Morgan fingerprint density at radius 1 is 1.38 bits per heavy atom.